The molecule has 0 fully saturated rings. The van der Waals surface area contributed by atoms with Gasteiger partial charge in [-0.2, -0.15) is 5.10 Å². The van der Waals surface area contributed by atoms with Crippen LogP contribution in [-0.2, 0) is 7.05 Å². The van der Waals surface area contributed by atoms with E-state index in [1.165, 1.54) is 6.20 Å². The number of pyridine rings is 1. The van der Waals surface area contributed by atoms with E-state index in [1.807, 2.05) is 6.92 Å². The molecule has 0 saturated heterocycles. The fourth-order valence-corrected chi connectivity index (χ4v) is 1.45. The van der Waals surface area contributed by atoms with Crippen LogP contribution in [0, 0.1) is 6.92 Å². The summed E-state index contributed by atoms with van der Waals surface area (Å²) in [6.45, 7) is 1.86. The number of anilines is 2. The second-order valence-electron chi connectivity index (χ2n) is 3.73. The van der Waals surface area contributed by atoms with Crippen molar-refractivity contribution < 1.29 is 4.79 Å². The monoisotopic (exact) mass is 231 g/mol. The number of nitrogen functional groups attached to an aromatic ring is 1. The summed E-state index contributed by atoms with van der Waals surface area (Å²) in [4.78, 5) is 15.8. The quantitative estimate of drug-likeness (QED) is 0.806. The summed E-state index contributed by atoms with van der Waals surface area (Å²) in [5.41, 5.74) is 7.18. The van der Waals surface area contributed by atoms with Crippen LogP contribution >= 0.6 is 0 Å². The van der Waals surface area contributed by atoms with Gasteiger partial charge < -0.3 is 11.1 Å². The average Bonchev–Trinajstić information content (AvgIpc) is 2.58. The third kappa shape index (κ3) is 2.41. The summed E-state index contributed by atoms with van der Waals surface area (Å²) in [6.07, 6.45) is 1.45. The molecule has 6 heteroatoms. The second-order valence-corrected chi connectivity index (χ2v) is 3.73. The molecular weight excluding hydrogens is 218 g/mol. The molecule has 0 atom stereocenters. The molecule has 0 saturated carbocycles. The first-order chi connectivity index (χ1) is 8.06. The first-order valence-electron chi connectivity index (χ1n) is 5.10. The number of hydrogen-bond donors (Lipinski definition) is 2. The Morgan fingerprint density at radius 2 is 2.24 bits per heavy atom. The van der Waals surface area contributed by atoms with Crippen molar-refractivity contribution in [3.05, 3.63) is 35.8 Å². The summed E-state index contributed by atoms with van der Waals surface area (Å²) in [7, 11) is 1.76. The van der Waals surface area contributed by atoms with Gasteiger partial charge in [0.2, 0.25) is 0 Å². The molecule has 3 N–H and O–H groups in total. The first kappa shape index (κ1) is 11.1. The van der Waals surface area contributed by atoms with Crippen molar-refractivity contribution >= 4 is 17.4 Å². The fourth-order valence-electron chi connectivity index (χ4n) is 1.45. The Kier molecular flexibility index (Phi) is 2.78. The van der Waals surface area contributed by atoms with E-state index in [2.05, 4.69) is 15.4 Å². The second kappa shape index (κ2) is 4.25. The lowest BCUT2D eigenvalue weighted by Crippen LogP contribution is -2.15. The molecule has 0 aliphatic rings. The lowest BCUT2D eigenvalue weighted by atomic mass is 10.3. The van der Waals surface area contributed by atoms with Crippen molar-refractivity contribution in [1.82, 2.24) is 14.8 Å². The van der Waals surface area contributed by atoms with E-state index in [0.29, 0.717) is 17.2 Å². The summed E-state index contributed by atoms with van der Waals surface area (Å²) in [6, 6.07) is 5.00. The first-order valence-corrected chi connectivity index (χ1v) is 5.10. The van der Waals surface area contributed by atoms with Crippen molar-refractivity contribution in [1.29, 1.82) is 0 Å². The molecule has 0 unspecified atom stereocenters. The summed E-state index contributed by atoms with van der Waals surface area (Å²) in [5.74, 6) is 0.346. The number of carbonyl (C=O) groups excluding carboxylic acids is 1. The largest absolute Gasteiger partial charge is 0.397 e. The Bertz CT molecular complexity index is 543. The summed E-state index contributed by atoms with van der Waals surface area (Å²) in [5, 5.41) is 6.86. The minimum absolute atomic E-state index is 0.284. The van der Waals surface area contributed by atoms with Gasteiger partial charge in [0.1, 0.15) is 11.5 Å². The molecule has 1 amide bonds. The molecule has 2 aromatic heterocycles. The standard InChI is InChI=1S/C11H13N5O/c1-7-5-10(16(2)15-7)14-11(17)9-4-3-8(12)6-13-9/h3-6H,12H2,1-2H3,(H,14,17). The zero-order valence-electron chi connectivity index (χ0n) is 9.64. The van der Waals surface area contributed by atoms with Crippen LogP contribution in [0.1, 0.15) is 16.2 Å². The van der Waals surface area contributed by atoms with Gasteiger partial charge in [-0.25, -0.2) is 4.98 Å². The highest BCUT2D eigenvalue weighted by atomic mass is 16.2. The molecule has 0 aliphatic heterocycles. The van der Waals surface area contributed by atoms with E-state index >= 15 is 0 Å². The van der Waals surface area contributed by atoms with Gasteiger partial charge in [-0.1, -0.05) is 0 Å². The van der Waals surface area contributed by atoms with E-state index in [0.717, 1.165) is 5.69 Å². The van der Waals surface area contributed by atoms with Crippen LogP contribution in [0.3, 0.4) is 0 Å². The van der Waals surface area contributed by atoms with Crippen molar-refractivity contribution in [2.75, 3.05) is 11.1 Å². The smallest absolute Gasteiger partial charge is 0.275 e. The highest BCUT2D eigenvalue weighted by Crippen LogP contribution is 2.10. The van der Waals surface area contributed by atoms with Crippen LogP contribution in [0.2, 0.25) is 0 Å². The van der Waals surface area contributed by atoms with Gasteiger partial charge in [-0.3, -0.25) is 9.48 Å². The van der Waals surface area contributed by atoms with Gasteiger partial charge >= 0.3 is 0 Å². The van der Waals surface area contributed by atoms with Crippen LogP contribution < -0.4 is 11.1 Å². The topological polar surface area (TPSA) is 85.8 Å². The minimum Gasteiger partial charge on any atom is -0.397 e. The van der Waals surface area contributed by atoms with E-state index in [-0.39, 0.29) is 5.91 Å². The third-order valence-corrected chi connectivity index (χ3v) is 2.26. The highest BCUT2D eigenvalue weighted by molar-refractivity contribution is 6.02. The Morgan fingerprint density at radius 3 is 2.76 bits per heavy atom. The zero-order chi connectivity index (χ0) is 12.4. The van der Waals surface area contributed by atoms with E-state index in [9.17, 15) is 4.79 Å². The van der Waals surface area contributed by atoms with Crippen molar-refractivity contribution in [3.63, 3.8) is 0 Å². The SMILES string of the molecule is Cc1cc(NC(=O)c2ccc(N)cn2)n(C)n1. The Morgan fingerprint density at radius 1 is 1.47 bits per heavy atom. The van der Waals surface area contributed by atoms with Gasteiger partial charge in [-0.15, -0.1) is 0 Å². The Hall–Kier alpha value is -2.37. The molecule has 0 aromatic carbocycles. The normalized spacial score (nSPS) is 10.2. The summed E-state index contributed by atoms with van der Waals surface area (Å²) >= 11 is 0. The number of nitrogens with zero attached hydrogens (tertiary/aromatic N) is 3. The number of hydrogen-bond acceptors (Lipinski definition) is 4. The number of carbonyl (C=O) groups is 1. The van der Waals surface area contributed by atoms with Gasteiger partial charge in [-0.05, 0) is 19.1 Å². The maximum Gasteiger partial charge on any atom is 0.275 e. The molecule has 6 nitrogen and oxygen atoms in total. The van der Waals surface area contributed by atoms with Crippen molar-refractivity contribution in [3.8, 4) is 0 Å². The fraction of sp³-hybridized carbons (Fsp3) is 0.182. The molecule has 2 heterocycles. The molecule has 0 spiro atoms. The molecule has 2 rings (SSSR count). The molecule has 2 aromatic rings. The molecule has 0 aliphatic carbocycles. The predicted octanol–water partition coefficient (Wildman–Crippen LogP) is 0.958. The van der Waals surface area contributed by atoms with E-state index < -0.39 is 0 Å². The maximum absolute atomic E-state index is 11.8. The predicted molar refractivity (Wildman–Crippen MR) is 64.5 cm³/mol. The van der Waals surface area contributed by atoms with Gasteiger partial charge in [0.25, 0.3) is 5.91 Å². The number of rotatable bonds is 2. The third-order valence-electron chi connectivity index (χ3n) is 2.26. The highest BCUT2D eigenvalue weighted by Gasteiger charge is 2.10. The van der Waals surface area contributed by atoms with E-state index in [4.69, 9.17) is 5.73 Å². The van der Waals surface area contributed by atoms with Crippen LogP contribution in [-0.4, -0.2) is 20.7 Å². The number of amides is 1. The van der Waals surface area contributed by atoms with Gasteiger partial charge in [0.15, 0.2) is 0 Å². The van der Waals surface area contributed by atoms with Crippen LogP contribution in [0.4, 0.5) is 11.5 Å². The lowest BCUT2D eigenvalue weighted by molar-refractivity contribution is 0.102. The van der Waals surface area contributed by atoms with Crippen molar-refractivity contribution in [2.45, 2.75) is 6.92 Å². The Labute approximate surface area is 98.5 Å². The van der Waals surface area contributed by atoms with E-state index in [1.54, 1.807) is 29.9 Å². The molecule has 88 valence electrons. The Balaban J connectivity index is 2.17. The van der Waals surface area contributed by atoms with Gasteiger partial charge in [0.05, 0.1) is 17.6 Å². The van der Waals surface area contributed by atoms with Gasteiger partial charge in [0, 0.05) is 13.1 Å². The van der Waals surface area contributed by atoms with Crippen molar-refractivity contribution in [2.24, 2.45) is 7.05 Å². The average molecular weight is 231 g/mol. The number of aryl methyl sites for hydroxylation is 2. The molecular formula is C11H13N5O. The maximum atomic E-state index is 11.8. The number of aromatic nitrogens is 3. The van der Waals surface area contributed by atoms with Crippen LogP contribution in [0.5, 0.6) is 0 Å². The zero-order valence-corrected chi connectivity index (χ0v) is 9.64. The number of nitrogens with one attached hydrogen (secondary N) is 1. The minimum atomic E-state index is -0.284. The number of nitrogens with two attached hydrogens (primary N) is 1. The van der Waals surface area contributed by atoms with Crippen LogP contribution in [0.25, 0.3) is 0 Å². The molecule has 0 radical (unpaired) electrons. The lowest BCUT2D eigenvalue weighted by Gasteiger charge is -2.04. The summed E-state index contributed by atoms with van der Waals surface area (Å²) < 4.78 is 1.60. The molecule has 0 bridgehead atoms. The molecule has 17 heavy (non-hydrogen) atoms. The van der Waals surface area contributed by atoms with Crippen LogP contribution in [0.15, 0.2) is 24.4 Å².